The molecule has 3 unspecified atom stereocenters. The van der Waals surface area contributed by atoms with Gasteiger partial charge >= 0.3 is 0 Å². The number of phenolic OH excluding ortho intramolecular Hbond substituents is 1. The second kappa shape index (κ2) is 5.73. The molecular formula is C25H35NO4. The molecule has 7 atom stereocenters. The molecule has 3 saturated carbocycles. The first-order valence-electron chi connectivity index (χ1n) is 11.8. The highest BCUT2D eigenvalue weighted by atomic mass is 16.6. The summed E-state index contributed by atoms with van der Waals surface area (Å²) in [4.78, 5) is 2.56. The van der Waals surface area contributed by atoms with E-state index in [1.165, 1.54) is 11.1 Å². The molecule has 0 amide bonds. The van der Waals surface area contributed by atoms with E-state index in [2.05, 4.69) is 24.9 Å². The summed E-state index contributed by atoms with van der Waals surface area (Å²) < 4.78 is 13.2. The fraction of sp³-hybridized carbons (Fsp3) is 0.760. The average molecular weight is 414 g/mol. The van der Waals surface area contributed by atoms with Crippen molar-refractivity contribution in [3.63, 3.8) is 0 Å². The van der Waals surface area contributed by atoms with Crippen molar-refractivity contribution in [3.8, 4) is 11.5 Å². The largest absolute Gasteiger partial charge is 0.504 e. The third-order valence-electron chi connectivity index (χ3n) is 10.1. The van der Waals surface area contributed by atoms with Crippen LogP contribution in [0.4, 0.5) is 0 Å². The summed E-state index contributed by atoms with van der Waals surface area (Å²) in [5.74, 6) is 0.977. The number of aliphatic hydroxyl groups is 1. The highest BCUT2D eigenvalue weighted by molar-refractivity contribution is 5.63. The maximum Gasteiger partial charge on any atom is 0.165 e. The number of hydrogen-bond acceptors (Lipinski definition) is 5. The number of piperidine rings is 1. The van der Waals surface area contributed by atoms with Crippen molar-refractivity contribution in [1.82, 2.24) is 4.90 Å². The molecule has 5 nitrogen and oxygen atoms in total. The topological polar surface area (TPSA) is 62.2 Å². The molecule has 1 aromatic carbocycles. The number of aromatic hydroxyl groups is 1. The van der Waals surface area contributed by atoms with E-state index in [1.807, 2.05) is 20.1 Å². The van der Waals surface area contributed by atoms with Crippen LogP contribution in [0.25, 0.3) is 0 Å². The Bertz CT molecular complexity index is 915. The van der Waals surface area contributed by atoms with E-state index in [1.54, 1.807) is 0 Å². The predicted molar refractivity (Wildman–Crippen MR) is 114 cm³/mol. The van der Waals surface area contributed by atoms with Crippen LogP contribution >= 0.6 is 0 Å². The number of phenols is 1. The third-order valence-corrected chi connectivity index (χ3v) is 10.1. The Labute approximate surface area is 179 Å². The molecule has 5 heteroatoms. The van der Waals surface area contributed by atoms with Crippen molar-refractivity contribution in [2.24, 2.45) is 11.3 Å². The molecule has 4 bridgehead atoms. The molecule has 0 radical (unpaired) electrons. The zero-order valence-corrected chi connectivity index (χ0v) is 18.7. The molecule has 1 saturated heterocycles. The van der Waals surface area contributed by atoms with E-state index in [9.17, 15) is 10.2 Å². The lowest BCUT2D eigenvalue weighted by Crippen LogP contribution is -2.82. The molecule has 2 spiro atoms. The minimum atomic E-state index is -0.798. The van der Waals surface area contributed by atoms with E-state index in [0.29, 0.717) is 11.8 Å². The zero-order chi connectivity index (χ0) is 21.1. The summed E-state index contributed by atoms with van der Waals surface area (Å²) in [6.45, 7) is 5.19. The Balaban J connectivity index is 1.64. The summed E-state index contributed by atoms with van der Waals surface area (Å²) in [6.07, 6.45) is 6.57. The second-order valence-electron chi connectivity index (χ2n) is 11.0. The van der Waals surface area contributed by atoms with Crippen molar-refractivity contribution in [3.05, 3.63) is 23.3 Å². The molecule has 0 aromatic heterocycles. The van der Waals surface area contributed by atoms with Gasteiger partial charge in [-0.05, 0) is 70.7 Å². The van der Waals surface area contributed by atoms with Crippen molar-refractivity contribution in [1.29, 1.82) is 0 Å². The first kappa shape index (κ1) is 19.4. The molecule has 7 rings (SSSR count). The van der Waals surface area contributed by atoms with Crippen LogP contribution in [0.1, 0.15) is 63.5 Å². The van der Waals surface area contributed by atoms with E-state index >= 15 is 0 Å². The fourth-order valence-electron chi connectivity index (χ4n) is 9.09. The quantitative estimate of drug-likeness (QED) is 0.792. The minimum absolute atomic E-state index is 0.0221. The minimum Gasteiger partial charge on any atom is -0.504 e. The fourth-order valence-corrected chi connectivity index (χ4v) is 9.09. The Morgan fingerprint density at radius 1 is 1.30 bits per heavy atom. The predicted octanol–water partition coefficient (Wildman–Crippen LogP) is 3.39. The number of nitrogens with zero attached hydrogens (tertiary/aromatic N) is 1. The molecule has 30 heavy (non-hydrogen) atoms. The summed E-state index contributed by atoms with van der Waals surface area (Å²) >= 11 is 0. The van der Waals surface area contributed by atoms with Gasteiger partial charge in [-0.3, -0.25) is 0 Å². The Kier molecular flexibility index (Phi) is 3.70. The average Bonchev–Trinajstić information content (AvgIpc) is 3.09. The van der Waals surface area contributed by atoms with Crippen LogP contribution in [0, 0.1) is 11.3 Å². The zero-order valence-electron chi connectivity index (χ0n) is 18.7. The molecule has 1 aromatic rings. The van der Waals surface area contributed by atoms with Gasteiger partial charge in [0, 0.05) is 35.5 Å². The monoisotopic (exact) mass is 413 g/mol. The van der Waals surface area contributed by atoms with Crippen LogP contribution in [0.5, 0.6) is 11.5 Å². The van der Waals surface area contributed by atoms with Crippen LogP contribution in [-0.2, 0) is 16.6 Å². The van der Waals surface area contributed by atoms with Crippen LogP contribution in [-0.4, -0.2) is 59.2 Å². The van der Waals surface area contributed by atoms with Gasteiger partial charge in [0.2, 0.25) is 0 Å². The summed E-state index contributed by atoms with van der Waals surface area (Å²) in [7, 11) is 4.09. The third kappa shape index (κ3) is 1.85. The van der Waals surface area contributed by atoms with Crippen LogP contribution < -0.4 is 4.74 Å². The number of hydrogen-bond donors (Lipinski definition) is 2. The maximum absolute atomic E-state index is 11.7. The maximum atomic E-state index is 11.7. The first-order chi connectivity index (χ1) is 14.3. The number of rotatable bonds is 4. The van der Waals surface area contributed by atoms with Gasteiger partial charge in [0.05, 0.1) is 5.60 Å². The standard InChI is InChI=1S/C25H35NO4/c1-5-8-22(2,28)17-14-23-9-10-25(17,29-4)21-24(23)11-12-26(3)18(23)13-15-6-7-16(27)20(30-21)19(15)24/h6-7,17-18,21,27-28H,5,8-14H2,1-4H3/t17?,18-,21-,22-,23?,24+,25?/m1/s1. The van der Waals surface area contributed by atoms with Crippen LogP contribution in [0.15, 0.2) is 12.1 Å². The van der Waals surface area contributed by atoms with Gasteiger partial charge < -0.3 is 24.6 Å². The Morgan fingerprint density at radius 2 is 2.10 bits per heavy atom. The molecule has 2 heterocycles. The van der Waals surface area contributed by atoms with Crippen molar-refractivity contribution >= 4 is 0 Å². The number of methoxy groups -OCH3 is 1. The van der Waals surface area contributed by atoms with Gasteiger partial charge in [0.15, 0.2) is 11.5 Å². The van der Waals surface area contributed by atoms with Gasteiger partial charge in [-0.25, -0.2) is 0 Å². The summed E-state index contributed by atoms with van der Waals surface area (Å²) in [5.41, 5.74) is 1.21. The van der Waals surface area contributed by atoms with Gasteiger partial charge in [0.25, 0.3) is 0 Å². The van der Waals surface area contributed by atoms with Crippen LogP contribution in [0.3, 0.4) is 0 Å². The molecule has 164 valence electrons. The molecule has 2 aliphatic heterocycles. The van der Waals surface area contributed by atoms with Crippen molar-refractivity contribution in [2.45, 2.75) is 87.6 Å². The van der Waals surface area contributed by atoms with E-state index in [0.717, 1.165) is 51.5 Å². The van der Waals surface area contributed by atoms with Gasteiger partial charge in [-0.1, -0.05) is 19.4 Å². The lowest BCUT2D eigenvalue weighted by atomic mass is 9.33. The van der Waals surface area contributed by atoms with E-state index in [4.69, 9.17) is 9.47 Å². The number of ether oxygens (including phenoxy) is 2. The highest BCUT2D eigenvalue weighted by Crippen LogP contribution is 2.77. The lowest BCUT2D eigenvalue weighted by Gasteiger charge is -2.74. The molecule has 6 aliphatic rings. The lowest BCUT2D eigenvalue weighted by molar-refractivity contribution is -0.301. The van der Waals surface area contributed by atoms with E-state index < -0.39 is 11.2 Å². The number of likely N-dealkylation sites (tertiary alicyclic amines) is 1. The van der Waals surface area contributed by atoms with E-state index in [-0.39, 0.29) is 28.6 Å². The number of fused-ring (bicyclic) bond motifs is 2. The Morgan fingerprint density at radius 3 is 2.83 bits per heavy atom. The van der Waals surface area contributed by atoms with Gasteiger partial charge in [-0.2, -0.15) is 0 Å². The van der Waals surface area contributed by atoms with Crippen molar-refractivity contribution in [2.75, 3.05) is 20.7 Å². The van der Waals surface area contributed by atoms with Crippen LogP contribution in [0.2, 0.25) is 0 Å². The van der Waals surface area contributed by atoms with Gasteiger partial charge in [0.1, 0.15) is 11.7 Å². The molecular weight excluding hydrogens is 378 g/mol. The Hall–Kier alpha value is -1.30. The SMILES string of the molecule is CCC[C@@](C)(O)C1CC23CCC1(OC)[C@@H]1Oc4c(O)ccc5c4[C@@]12CCN(C)[C@@H]3C5. The van der Waals surface area contributed by atoms with Crippen molar-refractivity contribution < 1.29 is 19.7 Å². The normalized spacial score (nSPS) is 45.0. The number of benzene rings is 1. The highest BCUT2D eigenvalue weighted by Gasteiger charge is 2.81. The molecule has 4 aliphatic carbocycles. The smallest absolute Gasteiger partial charge is 0.165 e. The number of likely N-dealkylation sites (N-methyl/N-ethyl adjacent to an activating group) is 1. The van der Waals surface area contributed by atoms with Gasteiger partial charge in [-0.15, -0.1) is 0 Å². The summed E-state index contributed by atoms with van der Waals surface area (Å²) in [6, 6.07) is 4.37. The first-order valence-corrected chi connectivity index (χ1v) is 11.8. The molecule has 2 N–H and O–H groups in total. The summed E-state index contributed by atoms with van der Waals surface area (Å²) in [5, 5.41) is 22.5. The second-order valence-corrected chi connectivity index (χ2v) is 11.0. The molecule has 4 fully saturated rings.